The summed E-state index contributed by atoms with van der Waals surface area (Å²) in [4.78, 5) is 23.7. The van der Waals surface area contributed by atoms with E-state index in [1.54, 1.807) is 7.05 Å². The maximum absolute atomic E-state index is 12.0. The van der Waals surface area contributed by atoms with E-state index in [0.717, 1.165) is 0 Å². The molecule has 1 fully saturated rings. The molecule has 0 aromatic carbocycles. The Labute approximate surface area is 108 Å². The van der Waals surface area contributed by atoms with Gasteiger partial charge in [-0.15, -0.1) is 0 Å². The van der Waals surface area contributed by atoms with Crippen molar-refractivity contribution in [3.63, 3.8) is 0 Å². The van der Waals surface area contributed by atoms with Crippen LogP contribution in [0.2, 0.25) is 0 Å². The highest BCUT2D eigenvalue weighted by Gasteiger charge is 2.26. The Morgan fingerprint density at radius 3 is 2.67 bits per heavy atom. The van der Waals surface area contributed by atoms with Crippen LogP contribution in [0, 0.1) is 5.92 Å². The van der Waals surface area contributed by atoms with Crippen LogP contribution in [-0.2, 0) is 14.3 Å². The number of hydrogen-bond donors (Lipinski definition) is 3. The minimum absolute atomic E-state index is 0.159. The van der Waals surface area contributed by atoms with Gasteiger partial charge in [0.25, 0.3) is 0 Å². The molecule has 0 saturated carbocycles. The molecule has 104 valence electrons. The number of likely N-dealkylation sites (N-methyl/N-ethyl adjacent to an activating group) is 1. The van der Waals surface area contributed by atoms with Gasteiger partial charge in [-0.3, -0.25) is 9.59 Å². The van der Waals surface area contributed by atoms with E-state index in [2.05, 4.69) is 16.0 Å². The van der Waals surface area contributed by atoms with Crippen molar-refractivity contribution >= 4 is 11.8 Å². The highest BCUT2D eigenvalue weighted by molar-refractivity contribution is 5.89. The molecule has 0 bridgehead atoms. The van der Waals surface area contributed by atoms with Gasteiger partial charge in [-0.25, -0.2) is 0 Å². The third kappa shape index (κ3) is 4.62. The second-order valence-corrected chi connectivity index (χ2v) is 4.89. The first-order valence-electron chi connectivity index (χ1n) is 6.37. The van der Waals surface area contributed by atoms with Crippen LogP contribution in [0.1, 0.15) is 20.3 Å². The van der Waals surface area contributed by atoms with Crippen molar-refractivity contribution in [3.8, 4) is 0 Å². The van der Waals surface area contributed by atoms with Crippen molar-refractivity contribution in [1.82, 2.24) is 16.0 Å². The molecule has 2 atom stereocenters. The fourth-order valence-corrected chi connectivity index (χ4v) is 1.88. The Kier molecular flexibility index (Phi) is 6.07. The third-order valence-corrected chi connectivity index (χ3v) is 2.82. The standard InChI is InChI=1S/C12H23N3O3/c1-8(2)6-9(11(16)13-3)15-12(17)10-7-18-5-4-14-10/h8-10,14H,4-7H2,1-3H3,(H,13,16)(H,15,17). The van der Waals surface area contributed by atoms with E-state index in [0.29, 0.717) is 32.1 Å². The minimum Gasteiger partial charge on any atom is -0.378 e. The lowest BCUT2D eigenvalue weighted by Crippen LogP contribution is -2.56. The number of ether oxygens (including phenoxy) is 1. The molecule has 0 aliphatic carbocycles. The summed E-state index contributed by atoms with van der Waals surface area (Å²) in [7, 11) is 1.57. The van der Waals surface area contributed by atoms with E-state index in [-0.39, 0.29) is 17.9 Å². The second-order valence-electron chi connectivity index (χ2n) is 4.89. The van der Waals surface area contributed by atoms with E-state index in [1.165, 1.54) is 0 Å². The van der Waals surface area contributed by atoms with Gasteiger partial charge < -0.3 is 20.7 Å². The maximum atomic E-state index is 12.0. The van der Waals surface area contributed by atoms with Crippen LogP contribution < -0.4 is 16.0 Å². The van der Waals surface area contributed by atoms with Crippen LogP contribution in [0.3, 0.4) is 0 Å². The van der Waals surface area contributed by atoms with Gasteiger partial charge in [-0.2, -0.15) is 0 Å². The molecule has 1 heterocycles. The smallest absolute Gasteiger partial charge is 0.242 e. The molecule has 1 aliphatic heterocycles. The molecule has 1 saturated heterocycles. The van der Waals surface area contributed by atoms with Crippen molar-refractivity contribution in [1.29, 1.82) is 0 Å². The van der Waals surface area contributed by atoms with Crippen molar-refractivity contribution in [3.05, 3.63) is 0 Å². The molecule has 0 radical (unpaired) electrons. The molecule has 6 heteroatoms. The zero-order valence-electron chi connectivity index (χ0n) is 11.3. The Morgan fingerprint density at radius 2 is 2.17 bits per heavy atom. The molecule has 2 unspecified atom stereocenters. The van der Waals surface area contributed by atoms with Gasteiger partial charge in [0.15, 0.2) is 0 Å². The van der Waals surface area contributed by atoms with Crippen LogP contribution in [-0.4, -0.2) is 50.7 Å². The zero-order valence-corrected chi connectivity index (χ0v) is 11.3. The Hall–Kier alpha value is -1.14. The Balaban J connectivity index is 2.52. The summed E-state index contributed by atoms with van der Waals surface area (Å²) in [5.74, 6) is 0.000827. The summed E-state index contributed by atoms with van der Waals surface area (Å²) < 4.78 is 5.23. The van der Waals surface area contributed by atoms with Crippen LogP contribution in [0.15, 0.2) is 0 Å². The average molecular weight is 257 g/mol. The van der Waals surface area contributed by atoms with Gasteiger partial charge >= 0.3 is 0 Å². The number of amides is 2. The van der Waals surface area contributed by atoms with Crippen LogP contribution in [0.4, 0.5) is 0 Å². The minimum atomic E-state index is -0.480. The lowest BCUT2D eigenvalue weighted by atomic mass is 10.0. The van der Waals surface area contributed by atoms with Gasteiger partial charge in [-0.1, -0.05) is 13.8 Å². The van der Waals surface area contributed by atoms with Crippen molar-refractivity contribution < 1.29 is 14.3 Å². The summed E-state index contributed by atoms with van der Waals surface area (Å²) in [6, 6.07) is -0.843. The first-order chi connectivity index (χ1) is 8.54. The Bertz CT molecular complexity index is 288. The topological polar surface area (TPSA) is 79.5 Å². The molecule has 6 nitrogen and oxygen atoms in total. The average Bonchev–Trinajstić information content (AvgIpc) is 2.37. The number of morpholine rings is 1. The maximum Gasteiger partial charge on any atom is 0.242 e. The van der Waals surface area contributed by atoms with E-state index in [1.807, 2.05) is 13.8 Å². The van der Waals surface area contributed by atoms with Gasteiger partial charge in [0.2, 0.25) is 11.8 Å². The molecule has 0 spiro atoms. The third-order valence-electron chi connectivity index (χ3n) is 2.82. The van der Waals surface area contributed by atoms with Crippen molar-refractivity contribution in [2.45, 2.75) is 32.4 Å². The van der Waals surface area contributed by atoms with Crippen molar-refractivity contribution in [2.75, 3.05) is 26.8 Å². The van der Waals surface area contributed by atoms with E-state index < -0.39 is 6.04 Å². The van der Waals surface area contributed by atoms with Gasteiger partial charge in [0, 0.05) is 13.6 Å². The monoisotopic (exact) mass is 257 g/mol. The first-order valence-corrected chi connectivity index (χ1v) is 6.37. The summed E-state index contributed by atoms with van der Waals surface area (Å²) in [6.07, 6.45) is 0.624. The lowest BCUT2D eigenvalue weighted by Gasteiger charge is -2.26. The summed E-state index contributed by atoms with van der Waals surface area (Å²) in [6.45, 7) is 5.67. The second kappa shape index (κ2) is 7.33. The number of carbonyl (C=O) groups is 2. The molecular weight excluding hydrogens is 234 g/mol. The normalized spacial score (nSPS) is 21.4. The van der Waals surface area contributed by atoms with Gasteiger partial charge in [0.1, 0.15) is 12.1 Å². The largest absolute Gasteiger partial charge is 0.378 e. The van der Waals surface area contributed by atoms with E-state index in [9.17, 15) is 9.59 Å². The molecule has 1 rings (SSSR count). The van der Waals surface area contributed by atoms with Crippen molar-refractivity contribution in [2.24, 2.45) is 5.92 Å². The van der Waals surface area contributed by atoms with Crippen LogP contribution >= 0.6 is 0 Å². The molecular formula is C12H23N3O3. The SMILES string of the molecule is CNC(=O)C(CC(C)C)NC(=O)C1COCCN1. The zero-order chi connectivity index (χ0) is 13.5. The molecule has 0 aromatic rings. The fraction of sp³-hybridized carbons (Fsp3) is 0.833. The van der Waals surface area contributed by atoms with E-state index >= 15 is 0 Å². The quantitative estimate of drug-likeness (QED) is 0.605. The molecule has 3 N–H and O–H groups in total. The Morgan fingerprint density at radius 1 is 1.44 bits per heavy atom. The predicted molar refractivity (Wildman–Crippen MR) is 68.1 cm³/mol. The number of hydrogen-bond acceptors (Lipinski definition) is 4. The van der Waals surface area contributed by atoms with Crippen LogP contribution in [0.5, 0.6) is 0 Å². The predicted octanol–water partition coefficient (Wildman–Crippen LogP) is -0.748. The number of carbonyl (C=O) groups excluding carboxylic acids is 2. The number of rotatable bonds is 5. The summed E-state index contributed by atoms with van der Waals surface area (Å²) >= 11 is 0. The molecule has 18 heavy (non-hydrogen) atoms. The number of nitrogens with one attached hydrogen (secondary N) is 3. The molecule has 0 aromatic heterocycles. The first kappa shape index (κ1) is 14.9. The lowest BCUT2D eigenvalue weighted by molar-refractivity contribution is -0.131. The molecule has 2 amide bonds. The molecule has 1 aliphatic rings. The highest BCUT2D eigenvalue weighted by atomic mass is 16.5. The highest BCUT2D eigenvalue weighted by Crippen LogP contribution is 2.05. The summed E-state index contributed by atoms with van der Waals surface area (Å²) in [5.41, 5.74) is 0. The fourth-order valence-electron chi connectivity index (χ4n) is 1.88. The van der Waals surface area contributed by atoms with Gasteiger partial charge in [-0.05, 0) is 12.3 Å². The van der Waals surface area contributed by atoms with Gasteiger partial charge in [0.05, 0.1) is 13.2 Å². The van der Waals surface area contributed by atoms with E-state index in [4.69, 9.17) is 4.74 Å². The van der Waals surface area contributed by atoms with Crippen LogP contribution in [0.25, 0.3) is 0 Å². The summed E-state index contributed by atoms with van der Waals surface area (Å²) in [5, 5.41) is 8.41.